The monoisotopic (exact) mass is 329 g/mol. The Hall–Kier alpha value is -1.35. The summed E-state index contributed by atoms with van der Waals surface area (Å²) in [6, 6.07) is 8.52. The highest BCUT2D eigenvalue weighted by atomic mass is 16.6. The second-order valence-corrected chi connectivity index (χ2v) is 7.52. The van der Waals surface area contributed by atoms with E-state index < -0.39 is 0 Å². The molecule has 24 heavy (non-hydrogen) atoms. The molecule has 1 heterocycles. The van der Waals surface area contributed by atoms with Crippen LogP contribution in [0.15, 0.2) is 24.3 Å². The van der Waals surface area contributed by atoms with E-state index in [1.165, 1.54) is 24.0 Å². The molecule has 0 radical (unpaired) electrons. The normalized spacial score (nSPS) is 22.6. The maximum absolute atomic E-state index is 12.9. The minimum Gasteiger partial charge on any atom is -0.459 e. The van der Waals surface area contributed by atoms with Gasteiger partial charge in [0, 0.05) is 0 Å². The van der Waals surface area contributed by atoms with Gasteiger partial charge in [-0.3, -0.25) is 4.79 Å². The van der Waals surface area contributed by atoms with Crippen molar-refractivity contribution in [1.82, 2.24) is 5.32 Å². The Morgan fingerprint density at radius 1 is 1.21 bits per heavy atom. The van der Waals surface area contributed by atoms with Crippen molar-refractivity contribution in [3.63, 3.8) is 0 Å². The van der Waals surface area contributed by atoms with E-state index in [1.807, 2.05) is 0 Å². The van der Waals surface area contributed by atoms with Crippen LogP contribution in [-0.4, -0.2) is 24.7 Å². The maximum Gasteiger partial charge on any atom is 0.309 e. The number of ether oxygens (including phenoxy) is 1. The fourth-order valence-electron chi connectivity index (χ4n) is 4.18. The van der Waals surface area contributed by atoms with Crippen LogP contribution in [0, 0.1) is 5.92 Å². The highest BCUT2D eigenvalue weighted by Gasteiger charge is 2.37. The molecule has 1 aromatic rings. The van der Waals surface area contributed by atoms with Crippen molar-refractivity contribution in [3.05, 3.63) is 35.4 Å². The zero-order chi connectivity index (χ0) is 16.8. The molecule has 1 aliphatic heterocycles. The molecule has 0 saturated carbocycles. The van der Waals surface area contributed by atoms with Crippen LogP contribution in [0.5, 0.6) is 0 Å². The lowest BCUT2D eigenvalue weighted by Crippen LogP contribution is -2.46. The van der Waals surface area contributed by atoms with Gasteiger partial charge in [-0.25, -0.2) is 0 Å². The second kappa shape index (κ2) is 8.15. The lowest BCUT2D eigenvalue weighted by atomic mass is 9.83. The molecule has 2 aliphatic rings. The van der Waals surface area contributed by atoms with Gasteiger partial charge in [-0.05, 0) is 69.2 Å². The minimum atomic E-state index is -0.214. The Bertz CT molecular complexity index is 549. The first-order valence-electron chi connectivity index (χ1n) is 9.73. The van der Waals surface area contributed by atoms with E-state index in [2.05, 4.69) is 36.5 Å². The molecule has 0 amide bonds. The number of unbranched alkanes of at least 4 members (excludes halogenated alkanes) is 2. The van der Waals surface area contributed by atoms with Crippen LogP contribution in [-0.2, 0) is 22.4 Å². The van der Waals surface area contributed by atoms with E-state index in [0.717, 1.165) is 58.0 Å². The molecule has 1 aliphatic carbocycles. The van der Waals surface area contributed by atoms with Crippen LogP contribution >= 0.6 is 0 Å². The zero-order valence-corrected chi connectivity index (χ0v) is 15.0. The van der Waals surface area contributed by atoms with E-state index in [-0.39, 0.29) is 17.5 Å². The van der Waals surface area contributed by atoms with Gasteiger partial charge < -0.3 is 10.1 Å². The molecule has 1 atom stereocenters. The van der Waals surface area contributed by atoms with Crippen LogP contribution < -0.4 is 5.32 Å². The average Bonchev–Trinajstić information content (AvgIpc) is 2.62. The molecule has 3 nitrogen and oxygen atoms in total. The molecule has 0 spiro atoms. The summed E-state index contributed by atoms with van der Waals surface area (Å²) in [5.41, 5.74) is 2.52. The first kappa shape index (κ1) is 17.5. The first-order valence-corrected chi connectivity index (χ1v) is 9.73. The van der Waals surface area contributed by atoms with Crippen LogP contribution in [0.4, 0.5) is 0 Å². The molecule has 132 valence electrons. The second-order valence-electron chi connectivity index (χ2n) is 7.52. The fourth-order valence-corrected chi connectivity index (χ4v) is 4.18. The third kappa shape index (κ3) is 4.18. The summed E-state index contributed by atoms with van der Waals surface area (Å²) >= 11 is 0. The maximum atomic E-state index is 12.9. The third-order valence-electron chi connectivity index (χ3n) is 5.75. The number of hydrogen-bond donors (Lipinski definition) is 1. The Labute approximate surface area is 146 Å². The molecule has 1 N–H and O–H groups in total. The number of piperidine rings is 1. The smallest absolute Gasteiger partial charge is 0.309 e. The predicted octanol–water partition coefficient (Wildman–Crippen LogP) is 4.04. The summed E-state index contributed by atoms with van der Waals surface area (Å²) < 4.78 is 6.20. The Kier molecular flexibility index (Phi) is 5.94. The molecule has 0 bridgehead atoms. The zero-order valence-electron chi connectivity index (χ0n) is 15.0. The van der Waals surface area contributed by atoms with Crippen molar-refractivity contribution in [1.29, 1.82) is 0 Å². The van der Waals surface area contributed by atoms with Gasteiger partial charge >= 0.3 is 5.97 Å². The molecule has 1 aromatic carbocycles. The van der Waals surface area contributed by atoms with Crippen LogP contribution in [0.25, 0.3) is 0 Å². The van der Waals surface area contributed by atoms with Gasteiger partial charge in [-0.15, -0.1) is 0 Å². The number of aryl methyl sites for hydroxylation is 1. The molecular formula is C21H31NO2. The number of hydrogen-bond acceptors (Lipinski definition) is 3. The summed E-state index contributed by atoms with van der Waals surface area (Å²) in [5.74, 6) is 0.0840. The summed E-state index contributed by atoms with van der Waals surface area (Å²) in [4.78, 5) is 12.9. The van der Waals surface area contributed by atoms with E-state index >= 15 is 0 Å². The number of fused-ring (bicyclic) bond motifs is 1. The molecule has 1 saturated heterocycles. The van der Waals surface area contributed by atoms with Gasteiger partial charge in [0.2, 0.25) is 0 Å². The van der Waals surface area contributed by atoms with E-state index in [0.29, 0.717) is 0 Å². The van der Waals surface area contributed by atoms with Gasteiger partial charge in [0.05, 0.1) is 5.92 Å². The third-order valence-corrected chi connectivity index (χ3v) is 5.75. The standard InChI is InChI=1S/C21H31NO2/c1-2-3-6-11-21(12-14-22-15-13-21)24-20(23)19-10-9-17-7-4-5-8-18(17)16-19/h4-5,7-8,19,22H,2-3,6,9-16H2,1H3. The summed E-state index contributed by atoms with van der Waals surface area (Å²) in [6.07, 6.45) is 9.33. The first-order chi connectivity index (χ1) is 11.7. The topological polar surface area (TPSA) is 38.3 Å². The number of esters is 1. The highest BCUT2D eigenvalue weighted by Crippen LogP contribution is 2.33. The van der Waals surface area contributed by atoms with Gasteiger partial charge in [-0.2, -0.15) is 0 Å². The van der Waals surface area contributed by atoms with Gasteiger partial charge in [-0.1, -0.05) is 44.0 Å². The van der Waals surface area contributed by atoms with Crippen LogP contribution in [0.3, 0.4) is 0 Å². The lowest BCUT2D eigenvalue weighted by Gasteiger charge is -2.38. The van der Waals surface area contributed by atoms with Crippen LogP contribution in [0.2, 0.25) is 0 Å². The minimum absolute atomic E-state index is 0.0397. The summed E-state index contributed by atoms with van der Waals surface area (Å²) in [7, 11) is 0. The van der Waals surface area contributed by atoms with Crippen molar-refractivity contribution in [2.24, 2.45) is 5.92 Å². The Morgan fingerprint density at radius 2 is 1.96 bits per heavy atom. The molecule has 3 heteroatoms. The van der Waals surface area contributed by atoms with E-state index in [9.17, 15) is 4.79 Å². The van der Waals surface area contributed by atoms with Crippen molar-refractivity contribution in [2.45, 2.75) is 70.3 Å². The van der Waals surface area contributed by atoms with Gasteiger partial charge in [0.1, 0.15) is 5.60 Å². The van der Waals surface area contributed by atoms with Crippen molar-refractivity contribution < 1.29 is 9.53 Å². The van der Waals surface area contributed by atoms with Gasteiger partial charge in [0.25, 0.3) is 0 Å². The predicted molar refractivity (Wildman–Crippen MR) is 97.0 cm³/mol. The molecular weight excluding hydrogens is 298 g/mol. The van der Waals surface area contributed by atoms with Crippen molar-refractivity contribution in [3.8, 4) is 0 Å². The van der Waals surface area contributed by atoms with Gasteiger partial charge in [0.15, 0.2) is 0 Å². The molecule has 1 unspecified atom stereocenters. The van der Waals surface area contributed by atoms with E-state index in [4.69, 9.17) is 4.74 Å². The van der Waals surface area contributed by atoms with Crippen molar-refractivity contribution in [2.75, 3.05) is 13.1 Å². The van der Waals surface area contributed by atoms with E-state index in [1.54, 1.807) is 0 Å². The number of carbonyl (C=O) groups is 1. The fraction of sp³-hybridized carbons (Fsp3) is 0.667. The summed E-state index contributed by atoms with van der Waals surface area (Å²) in [5, 5.41) is 3.40. The number of carbonyl (C=O) groups excluding carboxylic acids is 1. The largest absolute Gasteiger partial charge is 0.459 e. The quantitative estimate of drug-likeness (QED) is 0.632. The van der Waals surface area contributed by atoms with Crippen LogP contribution in [0.1, 0.15) is 63.0 Å². The highest BCUT2D eigenvalue weighted by molar-refractivity contribution is 5.74. The average molecular weight is 329 g/mol. The number of nitrogens with one attached hydrogen (secondary N) is 1. The SMILES string of the molecule is CCCCCC1(OC(=O)C2CCc3ccccc3C2)CCNCC1. The summed E-state index contributed by atoms with van der Waals surface area (Å²) in [6.45, 7) is 4.15. The number of benzene rings is 1. The lowest BCUT2D eigenvalue weighted by molar-refractivity contribution is -0.169. The Balaban J connectivity index is 1.63. The Morgan fingerprint density at radius 3 is 2.71 bits per heavy atom. The van der Waals surface area contributed by atoms with Crippen molar-refractivity contribution >= 4 is 5.97 Å². The molecule has 1 fully saturated rings. The molecule has 0 aromatic heterocycles. The number of rotatable bonds is 6. The molecule has 3 rings (SSSR count).